The lowest BCUT2D eigenvalue weighted by molar-refractivity contribution is 0.371. The van der Waals surface area contributed by atoms with Gasteiger partial charge in [0.05, 0.1) is 0 Å². The summed E-state index contributed by atoms with van der Waals surface area (Å²) < 4.78 is 2.00. The fraction of sp³-hybridized carbons (Fsp3) is 0.591. The summed E-state index contributed by atoms with van der Waals surface area (Å²) in [5, 5.41) is 15.6. The molecular formula is C22H34N6S. The number of hydrogen-bond acceptors (Lipinski definition) is 4. The third-order valence-corrected chi connectivity index (χ3v) is 6.41. The first-order valence-electron chi connectivity index (χ1n) is 10.6. The van der Waals surface area contributed by atoms with Crippen LogP contribution in [0.4, 0.5) is 0 Å². The van der Waals surface area contributed by atoms with Crippen molar-refractivity contribution in [2.45, 2.75) is 57.5 Å². The van der Waals surface area contributed by atoms with Gasteiger partial charge in [-0.15, -0.1) is 10.2 Å². The first-order chi connectivity index (χ1) is 14.2. The predicted molar refractivity (Wildman–Crippen MR) is 122 cm³/mol. The zero-order valence-corrected chi connectivity index (χ0v) is 18.7. The highest BCUT2D eigenvalue weighted by Crippen LogP contribution is 2.32. The first kappa shape index (κ1) is 21.7. The summed E-state index contributed by atoms with van der Waals surface area (Å²) in [6, 6.07) is 11.4. The normalized spacial score (nSPS) is 19.9. The molecule has 0 atom stereocenters. The average molecular weight is 415 g/mol. The molecule has 6 nitrogen and oxygen atoms in total. The summed E-state index contributed by atoms with van der Waals surface area (Å²) >= 11 is 1.88. The van der Waals surface area contributed by atoms with Gasteiger partial charge in [0.2, 0.25) is 0 Å². The molecule has 1 heterocycles. The van der Waals surface area contributed by atoms with Crippen molar-refractivity contribution in [2.24, 2.45) is 12.0 Å². The van der Waals surface area contributed by atoms with Gasteiger partial charge in [-0.3, -0.25) is 0 Å². The van der Waals surface area contributed by atoms with Crippen molar-refractivity contribution < 1.29 is 0 Å². The van der Waals surface area contributed by atoms with Crippen LogP contribution in [-0.2, 0) is 13.6 Å². The minimum atomic E-state index is 0.475. The molecule has 1 aliphatic carbocycles. The van der Waals surface area contributed by atoms with Crippen LogP contribution < -0.4 is 10.6 Å². The minimum Gasteiger partial charge on any atom is -0.356 e. The van der Waals surface area contributed by atoms with Crippen LogP contribution in [0, 0.1) is 6.92 Å². The van der Waals surface area contributed by atoms with Gasteiger partial charge in [0, 0.05) is 19.6 Å². The number of benzene rings is 1. The largest absolute Gasteiger partial charge is 0.356 e. The predicted octanol–water partition coefficient (Wildman–Crippen LogP) is 3.64. The molecule has 2 aromatic rings. The number of rotatable bonds is 8. The lowest BCUT2D eigenvalue weighted by Gasteiger charge is -2.30. The third-order valence-electron chi connectivity index (χ3n) is 5.72. The van der Waals surface area contributed by atoms with E-state index in [0.29, 0.717) is 18.5 Å². The molecule has 7 heteroatoms. The standard InChI is InChI=1S/C22H34N6S/c1-17-26-27-21(28(17)2)16-24-22(23-14-7-15-29-3)25-20-12-10-19(11-13-20)18-8-5-4-6-9-18/h4-6,8-9,19-20H,7,10-16H2,1-3H3,(H2,23,24,25). The minimum absolute atomic E-state index is 0.475. The summed E-state index contributed by atoms with van der Waals surface area (Å²) in [6.45, 7) is 3.43. The maximum absolute atomic E-state index is 4.80. The number of nitrogens with zero attached hydrogens (tertiary/aromatic N) is 4. The van der Waals surface area contributed by atoms with Crippen molar-refractivity contribution in [1.82, 2.24) is 25.4 Å². The second-order valence-corrected chi connectivity index (χ2v) is 8.75. The van der Waals surface area contributed by atoms with Crippen LogP contribution in [0.2, 0.25) is 0 Å². The van der Waals surface area contributed by atoms with E-state index in [9.17, 15) is 0 Å². The Balaban J connectivity index is 1.56. The summed E-state index contributed by atoms with van der Waals surface area (Å²) in [4.78, 5) is 4.80. The highest BCUT2D eigenvalue weighted by molar-refractivity contribution is 7.98. The fourth-order valence-electron chi connectivity index (χ4n) is 3.80. The van der Waals surface area contributed by atoms with Crippen LogP contribution in [0.5, 0.6) is 0 Å². The zero-order valence-electron chi connectivity index (χ0n) is 17.9. The van der Waals surface area contributed by atoms with Crippen molar-refractivity contribution >= 4 is 17.7 Å². The fourth-order valence-corrected chi connectivity index (χ4v) is 4.24. The van der Waals surface area contributed by atoms with Crippen LogP contribution in [0.1, 0.15) is 55.2 Å². The van der Waals surface area contributed by atoms with E-state index in [-0.39, 0.29) is 0 Å². The van der Waals surface area contributed by atoms with E-state index in [1.165, 1.54) is 31.2 Å². The van der Waals surface area contributed by atoms with E-state index in [1.54, 1.807) is 0 Å². The van der Waals surface area contributed by atoms with Crippen molar-refractivity contribution in [3.63, 3.8) is 0 Å². The number of aliphatic imine (C=N–C) groups is 1. The van der Waals surface area contributed by atoms with Crippen molar-refractivity contribution in [2.75, 3.05) is 18.6 Å². The van der Waals surface area contributed by atoms with E-state index >= 15 is 0 Å². The Bertz CT molecular complexity index is 765. The summed E-state index contributed by atoms with van der Waals surface area (Å²) in [5.74, 6) is 4.54. The van der Waals surface area contributed by atoms with Crippen molar-refractivity contribution in [1.29, 1.82) is 0 Å². The van der Waals surface area contributed by atoms with Gasteiger partial charge in [-0.25, -0.2) is 4.99 Å². The number of thioether (sulfide) groups is 1. The van der Waals surface area contributed by atoms with Crippen LogP contribution in [0.15, 0.2) is 35.3 Å². The summed E-state index contributed by atoms with van der Waals surface area (Å²) in [6.07, 6.45) is 8.08. The molecule has 1 aliphatic rings. The van der Waals surface area contributed by atoms with Gasteiger partial charge in [-0.1, -0.05) is 30.3 Å². The molecule has 29 heavy (non-hydrogen) atoms. The molecule has 0 spiro atoms. The molecule has 3 rings (SSSR count). The molecule has 1 fully saturated rings. The SMILES string of the molecule is CSCCCNC(=NCc1nnc(C)n1C)NC1CCC(c2ccccc2)CC1. The monoisotopic (exact) mass is 414 g/mol. The van der Waals surface area contributed by atoms with E-state index in [0.717, 1.165) is 36.3 Å². The van der Waals surface area contributed by atoms with Crippen LogP contribution in [0.25, 0.3) is 0 Å². The summed E-state index contributed by atoms with van der Waals surface area (Å²) in [5.41, 5.74) is 1.48. The topological polar surface area (TPSA) is 67.1 Å². The maximum atomic E-state index is 4.80. The highest BCUT2D eigenvalue weighted by Gasteiger charge is 2.23. The van der Waals surface area contributed by atoms with Crippen LogP contribution >= 0.6 is 11.8 Å². The second-order valence-electron chi connectivity index (χ2n) is 7.76. The summed E-state index contributed by atoms with van der Waals surface area (Å²) in [7, 11) is 1.99. The van der Waals surface area contributed by atoms with E-state index in [1.807, 2.05) is 30.3 Å². The zero-order chi connectivity index (χ0) is 20.5. The molecule has 0 radical (unpaired) electrons. The van der Waals surface area contributed by atoms with E-state index in [2.05, 4.69) is 57.4 Å². The van der Waals surface area contributed by atoms with Gasteiger partial charge in [0.1, 0.15) is 12.4 Å². The molecule has 0 unspecified atom stereocenters. The Morgan fingerprint density at radius 2 is 1.93 bits per heavy atom. The van der Waals surface area contributed by atoms with Gasteiger partial charge in [-0.05, 0) is 62.5 Å². The molecule has 1 aromatic heterocycles. The van der Waals surface area contributed by atoms with Crippen molar-refractivity contribution in [3.8, 4) is 0 Å². The number of nitrogens with one attached hydrogen (secondary N) is 2. The molecule has 2 N–H and O–H groups in total. The van der Waals surface area contributed by atoms with Gasteiger partial charge in [0.25, 0.3) is 0 Å². The van der Waals surface area contributed by atoms with Gasteiger partial charge in [0.15, 0.2) is 11.8 Å². The Hall–Kier alpha value is -2.02. The quantitative estimate of drug-likeness (QED) is 0.392. The first-order valence-corrected chi connectivity index (χ1v) is 12.0. The molecule has 0 amide bonds. The highest BCUT2D eigenvalue weighted by atomic mass is 32.2. The lowest BCUT2D eigenvalue weighted by atomic mass is 9.82. The third kappa shape index (κ3) is 6.49. The van der Waals surface area contributed by atoms with Crippen molar-refractivity contribution in [3.05, 3.63) is 47.5 Å². The Morgan fingerprint density at radius 1 is 1.17 bits per heavy atom. The number of guanidine groups is 1. The smallest absolute Gasteiger partial charge is 0.191 e. The Morgan fingerprint density at radius 3 is 2.59 bits per heavy atom. The molecule has 1 aromatic carbocycles. The van der Waals surface area contributed by atoms with Crippen LogP contribution in [-0.4, -0.2) is 45.3 Å². The second kappa shape index (κ2) is 11.2. The lowest BCUT2D eigenvalue weighted by Crippen LogP contribution is -2.45. The molecule has 158 valence electrons. The Kier molecular flexibility index (Phi) is 8.40. The molecule has 0 aliphatic heterocycles. The number of aryl methyl sites for hydroxylation is 1. The van der Waals surface area contributed by atoms with Crippen LogP contribution in [0.3, 0.4) is 0 Å². The van der Waals surface area contributed by atoms with E-state index < -0.39 is 0 Å². The molecular weight excluding hydrogens is 380 g/mol. The van der Waals surface area contributed by atoms with E-state index in [4.69, 9.17) is 4.99 Å². The Labute approximate surface area is 179 Å². The average Bonchev–Trinajstić information content (AvgIpc) is 3.08. The van der Waals surface area contributed by atoms with Gasteiger partial charge in [-0.2, -0.15) is 11.8 Å². The number of hydrogen-bond donors (Lipinski definition) is 2. The maximum Gasteiger partial charge on any atom is 0.191 e. The van der Waals surface area contributed by atoms with Gasteiger partial charge >= 0.3 is 0 Å². The number of aromatic nitrogens is 3. The van der Waals surface area contributed by atoms with Gasteiger partial charge < -0.3 is 15.2 Å². The molecule has 0 bridgehead atoms. The molecule has 1 saturated carbocycles. The molecule has 0 saturated heterocycles.